The summed E-state index contributed by atoms with van der Waals surface area (Å²) >= 11 is 0. The quantitative estimate of drug-likeness (QED) is 0.781. The molecular weight excluding hydrogens is 302 g/mol. The van der Waals surface area contributed by atoms with Crippen molar-refractivity contribution in [3.05, 3.63) is 35.9 Å². The minimum atomic E-state index is -3.42. The van der Waals surface area contributed by atoms with E-state index in [2.05, 4.69) is 0 Å². The number of ether oxygens (including phenoxy) is 1. The van der Waals surface area contributed by atoms with E-state index < -0.39 is 15.9 Å². The Morgan fingerprint density at radius 1 is 1.41 bits per heavy atom. The fourth-order valence-corrected chi connectivity index (χ4v) is 3.61. The molecule has 1 aliphatic rings. The maximum atomic E-state index is 12.0. The standard InChI is InChI=1S/C16H21NO4S/c1-3-13(2)21-15-8-5-4-7-14(15)9-10-16(18)17-11-6-12-22(17,19)20/h4-5,7-10,13H,3,6,11-12H2,1-2H3/b10-9-/t13-/m0/s1. The molecule has 0 N–H and O–H groups in total. The van der Waals surface area contributed by atoms with E-state index in [0.717, 1.165) is 16.3 Å². The predicted molar refractivity (Wildman–Crippen MR) is 86.0 cm³/mol. The molecule has 0 spiro atoms. The lowest BCUT2D eigenvalue weighted by atomic mass is 10.2. The van der Waals surface area contributed by atoms with Gasteiger partial charge in [0, 0.05) is 18.2 Å². The average Bonchev–Trinajstić information content (AvgIpc) is 2.85. The Kier molecular flexibility index (Phi) is 5.24. The van der Waals surface area contributed by atoms with Crippen LogP contribution in [0.4, 0.5) is 0 Å². The second kappa shape index (κ2) is 6.96. The molecule has 1 amide bonds. The van der Waals surface area contributed by atoms with Crippen molar-refractivity contribution in [1.82, 2.24) is 4.31 Å². The van der Waals surface area contributed by atoms with E-state index in [1.165, 1.54) is 6.08 Å². The first-order chi connectivity index (χ1) is 10.4. The molecule has 1 fully saturated rings. The van der Waals surface area contributed by atoms with Gasteiger partial charge in [-0.3, -0.25) is 4.79 Å². The van der Waals surface area contributed by atoms with Gasteiger partial charge in [-0.05, 0) is 31.9 Å². The van der Waals surface area contributed by atoms with Crippen molar-refractivity contribution < 1.29 is 17.9 Å². The first-order valence-electron chi connectivity index (χ1n) is 7.42. The van der Waals surface area contributed by atoms with Gasteiger partial charge in [0.2, 0.25) is 10.0 Å². The number of sulfonamides is 1. The summed E-state index contributed by atoms with van der Waals surface area (Å²) in [6, 6.07) is 7.38. The molecule has 22 heavy (non-hydrogen) atoms. The highest BCUT2D eigenvalue weighted by atomic mass is 32.2. The number of amides is 1. The Labute approximate surface area is 131 Å². The number of carbonyl (C=O) groups excluding carboxylic acids is 1. The van der Waals surface area contributed by atoms with Crippen molar-refractivity contribution in [2.75, 3.05) is 12.3 Å². The largest absolute Gasteiger partial charge is 0.490 e. The fourth-order valence-electron chi connectivity index (χ4n) is 2.16. The Balaban J connectivity index is 2.15. The van der Waals surface area contributed by atoms with Gasteiger partial charge in [-0.15, -0.1) is 0 Å². The van der Waals surface area contributed by atoms with Crippen LogP contribution < -0.4 is 4.74 Å². The number of benzene rings is 1. The number of carbonyl (C=O) groups is 1. The fraction of sp³-hybridized carbons (Fsp3) is 0.438. The maximum Gasteiger partial charge on any atom is 0.260 e. The average molecular weight is 323 g/mol. The molecule has 1 aromatic carbocycles. The number of rotatable bonds is 5. The summed E-state index contributed by atoms with van der Waals surface area (Å²) in [5.74, 6) is 0.223. The third-order valence-electron chi connectivity index (χ3n) is 3.57. The summed E-state index contributed by atoms with van der Waals surface area (Å²) in [4.78, 5) is 12.0. The normalized spacial score (nSPS) is 18.5. The maximum absolute atomic E-state index is 12.0. The van der Waals surface area contributed by atoms with Crippen molar-refractivity contribution in [2.24, 2.45) is 0 Å². The number of para-hydroxylation sites is 1. The van der Waals surface area contributed by atoms with Crippen molar-refractivity contribution in [3.8, 4) is 5.75 Å². The van der Waals surface area contributed by atoms with E-state index in [1.54, 1.807) is 6.08 Å². The van der Waals surface area contributed by atoms with Crippen molar-refractivity contribution in [1.29, 1.82) is 0 Å². The lowest BCUT2D eigenvalue weighted by Gasteiger charge is -2.15. The highest BCUT2D eigenvalue weighted by Crippen LogP contribution is 2.22. The first-order valence-corrected chi connectivity index (χ1v) is 9.03. The Morgan fingerprint density at radius 2 is 2.14 bits per heavy atom. The van der Waals surface area contributed by atoms with Gasteiger partial charge in [-0.1, -0.05) is 25.1 Å². The van der Waals surface area contributed by atoms with Crippen LogP contribution in [0.25, 0.3) is 6.08 Å². The Morgan fingerprint density at radius 3 is 2.77 bits per heavy atom. The highest BCUT2D eigenvalue weighted by molar-refractivity contribution is 7.89. The Hall–Kier alpha value is -1.82. The third-order valence-corrected chi connectivity index (χ3v) is 5.41. The van der Waals surface area contributed by atoms with E-state index in [-0.39, 0.29) is 18.4 Å². The summed E-state index contributed by atoms with van der Waals surface area (Å²) in [5.41, 5.74) is 0.757. The molecule has 0 unspecified atom stereocenters. The molecule has 0 aromatic heterocycles. The summed E-state index contributed by atoms with van der Waals surface area (Å²) in [5, 5.41) is 0. The van der Waals surface area contributed by atoms with Crippen molar-refractivity contribution in [3.63, 3.8) is 0 Å². The number of nitrogens with zero attached hydrogens (tertiary/aromatic N) is 1. The first kappa shape index (κ1) is 16.5. The van der Waals surface area contributed by atoms with Crippen LogP contribution in [0, 0.1) is 0 Å². The van der Waals surface area contributed by atoms with E-state index in [0.29, 0.717) is 12.2 Å². The minimum Gasteiger partial charge on any atom is -0.490 e. The van der Waals surface area contributed by atoms with Crippen molar-refractivity contribution >= 4 is 22.0 Å². The molecule has 1 saturated heterocycles. The zero-order valence-corrected chi connectivity index (χ0v) is 13.7. The van der Waals surface area contributed by atoms with Gasteiger partial charge in [0.25, 0.3) is 5.91 Å². The molecule has 1 heterocycles. The van der Waals surface area contributed by atoms with Crippen LogP contribution in [0.2, 0.25) is 0 Å². The van der Waals surface area contributed by atoms with E-state index >= 15 is 0 Å². The van der Waals surface area contributed by atoms with Gasteiger partial charge in [-0.2, -0.15) is 0 Å². The van der Waals surface area contributed by atoms with Crippen LogP contribution in [-0.4, -0.2) is 37.0 Å². The molecule has 0 saturated carbocycles. The summed E-state index contributed by atoms with van der Waals surface area (Å²) in [6.07, 6.45) is 4.35. The Bertz CT molecular complexity index is 666. The predicted octanol–water partition coefficient (Wildman–Crippen LogP) is 2.44. The van der Waals surface area contributed by atoms with Gasteiger partial charge < -0.3 is 4.74 Å². The molecule has 0 radical (unpaired) electrons. The van der Waals surface area contributed by atoms with E-state index in [1.807, 2.05) is 38.1 Å². The van der Waals surface area contributed by atoms with Gasteiger partial charge in [0.1, 0.15) is 5.75 Å². The number of hydrogen-bond donors (Lipinski definition) is 0. The van der Waals surface area contributed by atoms with Gasteiger partial charge >= 0.3 is 0 Å². The zero-order chi connectivity index (χ0) is 16.2. The molecule has 1 aromatic rings. The van der Waals surface area contributed by atoms with Gasteiger partial charge in [0.15, 0.2) is 0 Å². The zero-order valence-electron chi connectivity index (χ0n) is 12.9. The molecule has 6 heteroatoms. The van der Waals surface area contributed by atoms with Crippen LogP contribution >= 0.6 is 0 Å². The number of hydrogen-bond acceptors (Lipinski definition) is 4. The topological polar surface area (TPSA) is 63.7 Å². The van der Waals surface area contributed by atoms with E-state index in [4.69, 9.17) is 4.74 Å². The smallest absolute Gasteiger partial charge is 0.260 e. The highest BCUT2D eigenvalue weighted by Gasteiger charge is 2.31. The minimum absolute atomic E-state index is 0.0420. The SMILES string of the molecule is CC[C@H](C)Oc1ccccc1/C=C\C(=O)N1CCCS1(=O)=O. The van der Waals surface area contributed by atoms with E-state index in [9.17, 15) is 13.2 Å². The summed E-state index contributed by atoms with van der Waals surface area (Å²) in [7, 11) is -3.42. The lowest BCUT2D eigenvalue weighted by molar-refractivity contribution is -0.121. The molecular formula is C16H21NO4S. The molecule has 0 aliphatic carbocycles. The molecule has 5 nitrogen and oxygen atoms in total. The summed E-state index contributed by atoms with van der Waals surface area (Å²) < 4.78 is 30.2. The van der Waals surface area contributed by atoms with Crippen LogP contribution in [0.3, 0.4) is 0 Å². The third kappa shape index (κ3) is 3.88. The molecule has 120 valence electrons. The monoisotopic (exact) mass is 323 g/mol. The van der Waals surface area contributed by atoms with Crippen LogP contribution in [0.15, 0.2) is 30.3 Å². The molecule has 1 aliphatic heterocycles. The van der Waals surface area contributed by atoms with Gasteiger partial charge in [0.05, 0.1) is 11.9 Å². The van der Waals surface area contributed by atoms with Crippen LogP contribution in [-0.2, 0) is 14.8 Å². The summed E-state index contributed by atoms with van der Waals surface area (Å²) in [6.45, 7) is 4.27. The van der Waals surface area contributed by atoms with Crippen LogP contribution in [0.5, 0.6) is 5.75 Å². The van der Waals surface area contributed by atoms with Crippen molar-refractivity contribution in [2.45, 2.75) is 32.8 Å². The van der Waals surface area contributed by atoms with Crippen LogP contribution in [0.1, 0.15) is 32.3 Å². The van der Waals surface area contributed by atoms with Gasteiger partial charge in [-0.25, -0.2) is 12.7 Å². The second-order valence-electron chi connectivity index (χ2n) is 5.29. The molecule has 1 atom stereocenters. The molecule has 2 rings (SSSR count). The molecule has 0 bridgehead atoms. The lowest BCUT2D eigenvalue weighted by Crippen LogP contribution is -2.30. The second-order valence-corrected chi connectivity index (χ2v) is 7.30.